The molecule has 0 aliphatic heterocycles. The fraction of sp³-hybridized carbons (Fsp3) is 0.149. The van der Waals surface area contributed by atoms with Gasteiger partial charge in [-0.2, -0.15) is 0 Å². The van der Waals surface area contributed by atoms with Gasteiger partial charge in [-0.1, -0.05) is 83.9 Å². The molecule has 3 N–H and O–H groups in total. The van der Waals surface area contributed by atoms with Crippen LogP contribution in [0.4, 0.5) is 5.82 Å². The van der Waals surface area contributed by atoms with Crippen molar-refractivity contribution < 1.29 is 0 Å². The number of halogens is 2. The zero-order valence-electron chi connectivity index (χ0n) is 35.0. The average Bonchev–Trinajstić information content (AvgIpc) is 3.87. The number of aromatic nitrogens is 10. The molecule has 0 bridgehead atoms. The Kier molecular flexibility index (Phi) is 12.1. The number of para-hydroxylation sites is 2. The summed E-state index contributed by atoms with van der Waals surface area (Å²) < 4.78 is 7.05. The molecule has 0 radical (unpaired) electrons. The zero-order chi connectivity index (χ0) is 44.4. The van der Waals surface area contributed by atoms with Crippen molar-refractivity contribution >= 4 is 72.9 Å². The number of pyridine rings is 2. The number of nitrogens with one attached hydrogen (secondary N) is 1. The van der Waals surface area contributed by atoms with Gasteiger partial charge in [-0.3, -0.25) is 18.7 Å². The van der Waals surface area contributed by atoms with Crippen molar-refractivity contribution in [3.63, 3.8) is 0 Å². The quantitative estimate of drug-likeness (QED) is 0.165. The van der Waals surface area contributed by atoms with Crippen LogP contribution in [-0.2, 0) is 14.1 Å². The van der Waals surface area contributed by atoms with Crippen LogP contribution < -0.4 is 22.2 Å². The summed E-state index contributed by atoms with van der Waals surface area (Å²) in [6.07, 6.45) is 6.50. The maximum atomic E-state index is 13.6. The van der Waals surface area contributed by atoms with Crippen LogP contribution in [0.5, 0.6) is 0 Å². The Balaban J connectivity index is 0.000000146. The first-order valence-corrected chi connectivity index (χ1v) is 20.7. The average molecular weight is 878 g/mol. The minimum atomic E-state index is -0.263. The predicted molar refractivity (Wildman–Crippen MR) is 251 cm³/mol. The monoisotopic (exact) mass is 876 g/mol. The highest BCUT2D eigenvalue weighted by atomic mass is 35.5. The molecular weight excluding hydrogens is 836 g/mol. The van der Waals surface area contributed by atoms with Crippen molar-refractivity contribution in [2.75, 3.05) is 5.32 Å². The number of fused-ring (bicyclic) bond motifs is 4. The molecule has 14 nitrogen and oxygen atoms in total. The first-order chi connectivity index (χ1) is 30.4. The van der Waals surface area contributed by atoms with E-state index in [0.29, 0.717) is 32.2 Å². The first kappa shape index (κ1) is 42.4. The van der Waals surface area contributed by atoms with Gasteiger partial charge < -0.3 is 20.2 Å². The lowest BCUT2D eigenvalue weighted by Crippen LogP contribution is -2.25. The molecule has 2 atom stereocenters. The molecular formula is C47H42Cl2N12O2. The molecule has 16 heteroatoms. The molecule has 0 spiro atoms. The van der Waals surface area contributed by atoms with Gasteiger partial charge in [0, 0.05) is 42.9 Å². The minimum Gasteiger partial charge on any atom is -0.360 e. The number of anilines is 1. The van der Waals surface area contributed by atoms with Crippen LogP contribution >= 0.6 is 23.2 Å². The summed E-state index contributed by atoms with van der Waals surface area (Å²) >= 11 is 12.6. The number of imidazole rings is 2. The van der Waals surface area contributed by atoms with Crippen molar-refractivity contribution in [1.29, 1.82) is 0 Å². The summed E-state index contributed by atoms with van der Waals surface area (Å²) in [7, 11) is 3.80. The SMILES string of the molecule is C[C@H](N)c1cc2cccc(Cl)c2c(=O)n1-c1ccccc1.C[C@H](Nc1ncnc2c1ncn2C)c1cc2cccc(Cl)c2c(=O)n1-c1ccccc1.Cc1ncnc2c1ncn2C. The van der Waals surface area contributed by atoms with E-state index in [2.05, 4.69) is 35.2 Å². The molecule has 316 valence electrons. The number of rotatable bonds is 6. The maximum absolute atomic E-state index is 13.6. The standard InChI is InChI=1S/C23H19ClN6O.C17H15ClN2O.C7H8N4/c1-14(28-21-20-22(26-12-25-21)29(2)13-27-20)18-11-15-7-6-10-17(24)19(15)23(31)30(18)16-8-4-3-5-9-16;1-11(19)15-10-12-6-5-9-14(18)16(12)17(21)20(15)13-7-3-2-4-8-13;1-5-6-7(9-3-8-5)11(2)4-10-6/h3-14H,1-2H3,(H,25,26,28);2-11H,19H2,1H3;3-4H,1-2H3/t14-;11-;/m00./s1. The predicted octanol–water partition coefficient (Wildman–Crippen LogP) is 8.83. The van der Waals surface area contributed by atoms with Crippen LogP contribution in [0.1, 0.15) is 43.0 Å². The van der Waals surface area contributed by atoms with Crippen LogP contribution in [0.2, 0.25) is 10.0 Å². The van der Waals surface area contributed by atoms with Gasteiger partial charge in [0.05, 0.1) is 45.2 Å². The summed E-state index contributed by atoms with van der Waals surface area (Å²) in [6, 6.07) is 33.3. The molecule has 6 heterocycles. The van der Waals surface area contributed by atoms with E-state index >= 15 is 0 Å². The summed E-state index contributed by atoms with van der Waals surface area (Å²) in [4.78, 5) is 51.8. The largest absolute Gasteiger partial charge is 0.360 e. The highest BCUT2D eigenvalue weighted by molar-refractivity contribution is 6.35. The summed E-state index contributed by atoms with van der Waals surface area (Å²) in [5.41, 5.74) is 13.0. The lowest BCUT2D eigenvalue weighted by molar-refractivity contribution is 0.734. The number of aryl methyl sites for hydroxylation is 3. The Labute approximate surface area is 371 Å². The van der Waals surface area contributed by atoms with E-state index in [1.54, 1.807) is 40.2 Å². The summed E-state index contributed by atoms with van der Waals surface area (Å²) in [6.45, 7) is 5.78. The Bertz CT molecular complexity index is 3380. The number of nitrogens with zero attached hydrogens (tertiary/aromatic N) is 10. The van der Waals surface area contributed by atoms with Crippen LogP contribution in [0, 0.1) is 6.92 Å². The smallest absolute Gasteiger partial charge is 0.264 e. The summed E-state index contributed by atoms with van der Waals surface area (Å²) in [5.74, 6) is 0.608. The lowest BCUT2D eigenvalue weighted by Gasteiger charge is -2.21. The van der Waals surface area contributed by atoms with Gasteiger partial charge in [-0.25, -0.2) is 29.9 Å². The van der Waals surface area contributed by atoms with Crippen LogP contribution in [0.15, 0.2) is 144 Å². The van der Waals surface area contributed by atoms with E-state index in [1.165, 1.54) is 6.33 Å². The van der Waals surface area contributed by atoms with Crippen LogP contribution in [0.3, 0.4) is 0 Å². The van der Waals surface area contributed by atoms with Gasteiger partial charge >= 0.3 is 0 Å². The normalized spacial score (nSPS) is 12.1. The molecule has 0 unspecified atom stereocenters. The molecule has 6 aromatic heterocycles. The Morgan fingerprint density at radius 2 is 1.06 bits per heavy atom. The lowest BCUT2D eigenvalue weighted by atomic mass is 10.1. The second kappa shape index (κ2) is 18.0. The molecule has 10 rings (SSSR count). The Morgan fingerprint density at radius 1 is 0.587 bits per heavy atom. The molecule has 0 saturated carbocycles. The van der Waals surface area contributed by atoms with Crippen molar-refractivity contribution in [2.45, 2.75) is 32.9 Å². The van der Waals surface area contributed by atoms with Gasteiger partial charge in [0.2, 0.25) is 0 Å². The number of nitrogens with two attached hydrogens (primary N) is 1. The third kappa shape index (κ3) is 8.39. The van der Waals surface area contributed by atoms with Crippen molar-refractivity contribution in [2.24, 2.45) is 19.8 Å². The van der Waals surface area contributed by atoms with Gasteiger partial charge in [-0.15, -0.1) is 0 Å². The highest BCUT2D eigenvalue weighted by Gasteiger charge is 2.20. The molecule has 0 saturated heterocycles. The summed E-state index contributed by atoms with van der Waals surface area (Å²) in [5, 5.41) is 6.93. The van der Waals surface area contributed by atoms with Crippen molar-refractivity contribution in [3.05, 3.63) is 182 Å². The van der Waals surface area contributed by atoms with E-state index < -0.39 is 0 Å². The number of hydrogen-bond acceptors (Lipinski definition) is 10. The zero-order valence-corrected chi connectivity index (χ0v) is 36.5. The van der Waals surface area contributed by atoms with Gasteiger partial charge in [0.25, 0.3) is 11.1 Å². The van der Waals surface area contributed by atoms with Gasteiger partial charge in [0.1, 0.15) is 23.7 Å². The highest BCUT2D eigenvalue weighted by Crippen LogP contribution is 2.29. The second-order valence-corrected chi connectivity index (χ2v) is 15.7. The van der Waals surface area contributed by atoms with Crippen molar-refractivity contribution in [3.8, 4) is 11.4 Å². The third-order valence-corrected chi connectivity index (χ3v) is 11.1. The third-order valence-electron chi connectivity index (χ3n) is 10.5. The fourth-order valence-corrected chi connectivity index (χ4v) is 7.94. The van der Waals surface area contributed by atoms with E-state index in [1.807, 2.05) is 141 Å². The molecule has 0 amide bonds. The molecule has 63 heavy (non-hydrogen) atoms. The Morgan fingerprint density at radius 3 is 1.59 bits per heavy atom. The van der Waals surface area contributed by atoms with Gasteiger partial charge in [0.15, 0.2) is 17.1 Å². The Hall–Kier alpha value is -7.26. The molecule has 4 aromatic carbocycles. The van der Waals surface area contributed by atoms with Crippen molar-refractivity contribution in [1.82, 2.24) is 48.2 Å². The fourth-order valence-electron chi connectivity index (χ4n) is 7.41. The number of benzene rings is 4. The van der Waals surface area contributed by atoms with E-state index in [0.717, 1.165) is 56.0 Å². The van der Waals surface area contributed by atoms with Crippen LogP contribution in [-0.4, -0.2) is 48.2 Å². The molecule has 10 aromatic rings. The molecule has 0 aliphatic carbocycles. The van der Waals surface area contributed by atoms with E-state index in [9.17, 15) is 9.59 Å². The minimum absolute atomic E-state index is 0.142. The number of hydrogen-bond donors (Lipinski definition) is 2. The van der Waals surface area contributed by atoms with E-state index in [-0.39, 0.29) is 23.2 Å². The topological polar surface area (TPSA) is 169 Å². The first-order valence-electron chi connectivity index (χ1n) is 19.9. The van der Waals surface area contributed by atoms with Gasteiger partial charge in [-0.05, 0) is 80.1 Å². The molecule has 0 fully saturated rings. The second-order valence-electron chi connectivity index (χ2n) is 14.9. The maximum Gasteiger partial charge on any atom is 0.264 e. The van der Waals surface area contributed by atoms with Crippen LogP contribution in [0.25, 0.3) is 55.2 Å². The molecule has 0 aliphatic rings. The van der Waals surface area contributed by atoms with E-state index in [4.69, 9.17) is 28.9 Å².